The second kappa shape index (κ2) is 4.69. The molecule has 2 aromatic rings. The monoisotopic (exact) mass is 244 g/mol. The second-order valence-corrected chi connectivity index (χ2v) is 5.35. The van der Waals surface area contributed by atoms with Gasteiger partial charge in [-0.05, 0) is 25.0 Å². The molecular formula is C14H20N4. The van der Waals surface area contributed by atoms with E-state index >= 15 is 0 Å². The largest absolute Gasteiger partial charge is 0.329 e. The fraction of sp³-hybridized carbons (Fsp3) is 0.571. The predicted octanol–water partition coefficient (Wildman–Crippen LogP) is 2.28. The van der Waals surface area contributed by atoms with Crippen molar-refractivity contribution in [2.75, 3.05) is 6.54 Å². The molecular weight excluding hydrogens is 224 g/mol. The Morgan fingerprint density at radius 2 is 1.89 bits per heavy atom. The van der Waals surface area contributed by atoms with Crippen LogP contribution in [0.2, 0.25) is 0 Å². The lowest BCUT2D eigenvalue weighted by Gasteiger charge is -2.29. The first-order chi connectivity index (χ1) is 8.86. The van der Waals surface area contributed by atoms with Crippen LogP contribution in [0.4, 0.5) is 0 Å². The van der Waals surface area contributed by atoms with Crippen molar-refractivity contribution in [3.63, 3.8) is 0 Å². The fourth-order valence-electron chi connectivity index (χ4n) is 3.13. The summed E-state index contributed by atoms with van der Waals surface area (Å²) in [5, 5.41) is 8.71. The van der Waals surface area contributed by atoms with Crippen LogP contribution in [0.25, 0.3) is 5.65 Å². The van der Waals surface area contributed by atoms with Gasteiger partial charge in [0, 0.05) is 18.2 Å². The van der Waals surface area contributed by atoms with Gasteiger partial charge >= 0.3 is 0 Å². The van der Waals surface area contributed by atoms with Gasteiger partial charge in [-0.3, -0.25) is 4.40 Å². The van der Waals surface area contributed by atoms with Crippen LogP contribution in [0.5, 0.6) is 0 Å². The molecule has 3 rings (SSSR count). The van der Waals surface area contributed by atoms with Crippen molar-refractivity contribution in [2.24, 2.45) is 5.73 Å². The molecule has 0 atom stereocenters. The van der Waals surface area contributed by atoms with Crippen molar-refractivity contribution in [3.8, 4) is 0 Å². The maximum atomic E-state index is 6.11. The van der Waals surface area contributed by atoms with Crippen LogP contribution in [0, 0.1) is 0 Å². The Morgan fingerprint density at radius 1 is 1.11 bits per heavy atom. The minimum absolute atomic E-state index is 0.0251. The van der Waals surface area contributed by atoms with Gasteiger partial charge in [0.15, 0.2) is 5.65 Å². The molecule has 0 radical (unpaired) electrons. The topological polar surface area (TPSA) is 56.2 Å². The van der Waals surface area contributed by atoms with Gasteiger partial charge in [0.05, 0.1) is 0 Å². The minimum atomic E-state index is 0.0251. The predicted molar refractivity (Wildman–Crippen MR) is 71.4 cm³/mol. The van der Waals surface area contributed by atoms with Crippen LogP contribution in [0.15, 0.2) is 24.4 Å². The molecule has 0 spiro atoms. The van der Waals surface area contributed by atoms with Crippen LogP contribution >= 0.6 is 0 Å². The SMILES string of the molecule is NCC1(c2nnc3ccccn23)CCCCCC1. The summed E-state index contributed by atoms with van der Waals surface area (Å²) in [5.74, 6) is 1.06. The normalized spacial score (nSPS) is 19.8. The van der Waals surface area contributed by atoms with Gasteiger partial charge in [-0.1, -0.05) is 31.7 Å². The average molecular weight is 244 g/mol. The Labute approximate surface area is 107 Å². The highest BCUT2D eigenvalue weighted by atomic mass is 15.3. The Bertz CT molecular complexity index is 523. The zero-order valence-corrected chi connectivity index (χ0v) is 10.7. The molecule has 2 aromatic heterocycles. The highest BCUT2D eigenvalue weighted by Crippen LogP contribution is 2.36. The number of nitrogens with two attached hydrogens (primary N) is 1. The summed E-state index contributed by atoms with van der Waals surface area (Å²) < 4.78 is 2.11. The molecule has 1 aliphatic carbocycles. The summed E-state index contributed by atoms with van der Waals surface area (Å²) in [6.45, 7) is 0.669. The molecule has 0 aromatic carbocycles. The number of hydrogen-bond acceptors (Lipinski definition) is 3. The van der Waals surface area contributed by atoms with Gasteiger partial charge in [-0.15, -0.1) is 10.2 Å². The summed E-state index contributed by atoms with van der Waals surface area (Å²) in [7, 11) is 0. The van der Waals surface area contributed by atoms with Crippen molar-refractivity contribution in [1.29, 1.82) is 0 Å². The van der Waals surface area contributed by atoms with Crippen molar-refractivity contribution in [2.45, 2.75) is 43.9 Å². The van der Waals surface area contributed by atoms with Crippen LogP contribution in [0.1, 0.15) is 44.3 Å². The Balaban J connectivity index is 2.09. The van der Waals surface area contributed by atoms with Gasteiger partial charge in [-0.25, -0.2) is 0 Å². The first kappa shape index (κ1) is 11.7. The molecule has 1 saturated carbocycles. The number of nitrogens with zero attached hydrogens (tertiary/aromatic N) is 3. The minimum Gasteiger partial charge on any atom is -0.329 e. The molecule has 18 heavy (non-hydrogen) atoms. The van der Waals surface area contributed by atoms with E-state index in [-0.39, 0.29) is 5.41 Å². The van der Waals surface area contributed by atoms with Gasteiger partial charge in [-0.2, -0.15) is 0 Å². The van der Waals surface area contributed by atoms with E-state index in [1.54, 1.807) is 0 Å². The first-order valence-corrected chi connectivity index (χ1v) is 6.86. The number of rotatable bonds is 2. The maximum Gasteiger partial charge on any atom is 0.160 e. The van der Waals surface area contributed by atoms with Crippen LogP contribution in [-0.2, 0) is 5.41 Å². The van der Waals surface area contributed by atoms with E-state index in [0.29, 0.717) is 6.54 Å². The van der Waals surface area contributed by atoms with Gasteiger partial charge in [0.1, 0.15) is 5.82 Å². The molecule has 2 heterocycles. The molecule has 0 saturated heterocycles. The lowest BCUT2D eigenvalue weighted by molar-refractivity contribution is 0.356. The third kappa shape index (κ3) is 1.81. The molecule has 1 fully saturated rings. The van der Waals surface area contributed by atoms with Crippen molar-refractivity contribution in [1.82, 2.24) is 14.6 Å². The summed E-state index contributed by atoms with van der Waals surface area (Å²) in [5.41, 5.74) is 7.05. The standard InChI is InChI=1S/C14H20N4/c15-11-14(8-4-1-2-5-9-14)13-17-16-12-7-3-6-10-18(12)13/h3,6-7,10H,1-2,4-5,8-9,11,15H2. The number of fused-ring (bicyclic) bond motifs is 1. The third-order valence-corrected chi connectivity index (χ3v) is 4.24. The molecule has 1 aliphatic rings. The van der Waals surface area contributed by atoms with E-state index in [2.05, 4.69) is 14.6 Å². The van der Waals surface area contributed by atoms with E-state index in [0.717, 1.165) is 24.3 Å². The van der Waals surface area contributed by atoms with Crippen LogP contribution in [0.3, 0.4) is 0 Å². The highest BCUT2D eigenvalue weighted by molar-refractivity contribution is 5.38. The maximum absolute atomic E-state index is 6.11. The Kier molecular flexibility index (Phi) is 3.04. The van der Waals surface area contributed by atoms with E-state index in [1.165, 1.54) is 25.7 Å². The Hall–Kier alpha value is -1.42. The molecule has 96 valence electrons. The molecule has 4 nitrogen and oxygen atoms in total. The van der Waals surface area contributed by atoms with E-state index in [4.69, 9.17) is 5.73 Å². The molecule has 0 bridgehead atoms. The summed E-state index contributed by atoms with van der Waals surface area (Å²) in [6, 6.07) is 6.02. The quantitative estimate of drug-likeness (QED) is 0.825. The molecule has 0 aliphatic heterocycles. The Morgan fingerprint density at radius 3 is 2.61 bits per heavy atom. The number of aromatic nitrogens is 3. The summed E-state index contributed by atoms with van der Waals surface area (Å²) in [6.07, 6.45) is 9.46. The lowest BCUT2D eigenvalue weighted by Crippen LogP contribution is -2.36. The van der Waals surface area contributed by atoms with Crippen molar-refractivity contribution < 1.29 is 0 Å². The second-order valence-electron chi connectivity index (χ2n) is 5.35. The summed E-state index contributed by atoms with van der Waals surface area (Å²) in [4.78, 5) is 0. The van der Waals surface area contributed by atoms with E-state index in [1.807, 2.05) is 24.4 Å². The molecule has 2 N–H and O–H groups in total. The fourth-order valence-corrected chi connectivity index (χ4v) is 3.13. The average Bonchev–Trinajstić information content (AvgIpc) is 2.70. The van der Waals surface area contributed by atoms with Gasteiger partial charge in [0.2, 0.25) is 0 Å². The van der Waals surface area contributed by atoms with Gasteiger partial charge < -0.3 is 5.73 Å². The third-order valence-electron chi connectivity index (χ3n) is 4.24. The lowest BCUT2D eigenvalue weighted by atomic mass is 9.79. The zero-order valence-electron chi connectivity index (χ0n) is 10.7. The van der Waals surface area contributed by atoms with Crippen molar-refractivity contribution in [3.05, 3.63) is 30.2 Å². The van der Waals surface area contributed by atoms with Crippen molar-refractivity contribution >= 4 is 5.65 Å². The molecule has 0 amide bonds. The van der Waals surface area contributed by atoms with E-state index in [9.17, 15) is 0 Å². The summed E-state index contributed by atoms with van der Waals surface area (Å²) >= 11 is 0. The highest BCUT2D eigenvalue weighted by Gasteiger charge is 2.35. The van der Waals surface area contributed by atoms with Crippen LogP contribution in [-0.4, -0.2) is 21.1 Å². The zero-order chi connectivity index (χ0) is 12.4. The molecule has 4 heteroatoms. The van der Waals surface area contributed by atoms with E-state index < -0.39 is 0 Å². The van der Waals surface area contributed by atoms with Crippen LogP contribution < -0.4 is 5.73 Å². The smallest absolute Gasteiger partial charge is 0.160 e. The number of pyridine rings is 1. The number of hydrogen-bond donors (Lipinski definition) is 1. The first-order valence-electron chi connectivity index (χ1n) is 6.86. The van der Waals surface area contributed by atoms with Gasteiger partial charge in [0.25, 0.3) is 0 Å². The molecule has 0 unspecified atom stereocenters.